The van der Waals surface area contributed by atoms with E-state index < -0.39 is 0 Å². The maximum Gasteiger partial charge on any atom is 0.329 e. The SMILES string of the molecule is COc1ccc(C(C)C)cc1-c1cnc2[nH]c(=O)n([C@H](C)C(C)C)c2n1. The van der Waals surface area contributed by atoms with Crippen molar-refractivity contribution in [2.24, 2.45) is 5.92 Å². The predicted octanol–water partition coefficient (Wildman–Crippen LogP) is 4.14. The first-order chi connectivity index (χ1) is 12.3. The summed E-state index contributed by atoms with van der Waals surface area (Å²) in [5, 5.41) is 0. The van der Waals surface area contributed by atoms with Gasteiger partial charge in [0.05, 0.1) is 19.0 Å². The molecule has 2 heterocycles. The molecule has 1 atom stereocenters. The summed E-state index contributed by atoms with van der Waals surface area (Å²) in [7, 11) is 1.65. The molecule has 1 N–H and O–H groups in total. The summed E-state index contributed by atoms with van der Waals surface area (Å²) in [6.45, 7) is 10.5. The number of nitrogens with one attached hydrogen (secondary N) is 1. The van der Waals surface area contributed by atoms with Crippen LogP contribution in [-0.2, 0) is 0 Å². The van der Waals surface area contributed by atoms with Crippen molar-refractivity contribution in [2.75, 3.05) is 7.11 Å². The lowest BCUT2D eigenvalue weighted by Crippen LogP contribution is -2.24. The van der Waals surface area contributed by atoms with Gasteiger partial charge in [-0.3, -0.25) is 9.55 Å². The van der Waals surface area contributed by atoms with Gasteiger partial charge in [-0.25, -0.2) is 14.8 Å². The number of methoxy groups -OCH3 is 1. The number of imidazole rings is 1. The molecule has 0 radical (unpaired) electrons. The van der Waals surface area contributed by atoms with Gasteiger partial charge in [-0.2, -0.15) is 0 Å². The monoisotopic (exact) mass is 354 g/mol. The number of aromatic nitrogens is 4. The smallest absolute Gasteiger partial charge is 0.329 e. The molecule has 0 saturated carbocycles. The van der Waals surface area contributed by atoms with Gasteiger partial charge in [0.1, 0.15) is 5.75 Å². The second kappa shape index (κ2) is 6.94. The van der Waals surface area contributed by atoms with E-state index in [9.17, 15) is 4.79 Å². The number of benzene rings is 1. The van der Waals surface area contributed by atoms with Crippen LogP contribution in [-0.4, -0.2) is 26.6 Å². The summed E-state index contributed by atoms with van der Waals surface area (Å²) < 4.78 is 7.21. The van der Waals surface area contributed by atoms with Crippen molar-refractivity contribution in [2.45, 2.75) is 46.6 Å². The number of hydrogen-bond acceptors (Lipinski definition) is 4. The number of aromatic amines is 1. The molecule has 3 rings (SSSR count). The first-order valence-electron chi connectivity index (χ1n) is 8.99. The van der Waals surface area contributed by atoms with Crippen LogP contribution in [0.3, 0.4) is 0 Å². The van der Waals surface area contributed by atoms with Gasteiger partial charge in [0, 0.05) is 11.6 Å². The summed E-state index contributed by atoms with van der Waals surface area (Å²) in [5.41, 5.74) is 3.67. The van der Waals surface area contributed by atoms with Gasteiger partial charge in [-0.15, -0.1) is 0 Å². The van der Waals surface area contributed by atoms with Crippen LogP contribution in [0.15, 0.2) is 29.2 Å². The highest BCUT2D eigenvalue weighted by Gasteiger charge is 2.19. The van der Waals surface area contributed by atoms with Crippen molar-refractivity contribution in [1.82, 2.24) is 19.5 Å². The van der Waals surface area contributed by atoms with Gasteiger partial charge in [-0.05, 0) is 36.5 Å². The Morgan fingerprint density at radius 3 is 2.50 bits per heavy atom. The minimum absolute atomic E-state index is 0.0182. The van der Waals surface area contributed by atoms with Crippen LogP contribution >= 0.6 is 0 Å². The highest BCUT2D eigenvalue weighted by atomic mass is 16.5. The normalized spacial score (nSPS) is 12.9. The van der Waals surface area contributed by atoms with E-state index in [1.54, 1.807) is 17.9 Å². The van der Waals surface area contributed by atoms with Gasteiger partial charge in [0.25, 0.3) is 0 Å². The van der Waals surface area contributed by atoms with Gasteiger partial charge < -0.3 is 4.74 Å². The molecule has 0 aliphatic heterocycles. The Morgan fingerprint density at radius 2 is 1.88 bits per heavy atom. The standard InChI is InChI=1S/C20H26N4O2/c1-11(2)13(5)24-19-18(23-20(24)25)21-10-16(22-19)15-9-14(12(3)4)7-8-17(15)26-6/h7-13H,1-6H3,(H,21,23,25)/t13-/m1/s1. The van der Waals surface area contributed by atoms with E-state index in [0.29, 0.717) is 28.8 Å². The maximum absolute atomic E-state index is 12.4. The molecule has 0 aliphatic carbocycles. The third kappa shape index (κ3) is 3.11. The lowest BCUT2D eigenvalue weighted by molar-refractivity contribution is 0.406. The molecule has 26 heavy (non-hydrogen) atoms. The number of nitrogens with zero attached hydrogens (tertiary/aromatic N) is 3. The molecule has 0 bridgehead atoms. The fraction of sp³-hybridized carbons (Fsp3) is 0.450. The first kappa shape index (κ1) is 18.2. The average Bonchev–Trinajstić information content (AvgIpc) is 2.95. The van der Waals surface area contributed by atoms with Crippen LogP contribution in [0, 0.1) is 5.92 Å². The number of fused-ring (bicyclic) bond motifs is 1. The molecule has 0 saturated heterocycles. The van der Waals surface area contributed by atoms with Crippen LogP contribution in [0.2, 0.25) is 0 Å². The van der Waals surface area contributed by atoms with Crippen LogP contribution < -0.4 is 10.4 Å². The van der Waals surface area contributed by atoms with Crippen LogP contribution in [0.5, 0.6) is 5.75 Å². The van der Waals surface area contributed by atoms with Gasteiger partial charge in [-0.1, -0.05) is 33.8 Å². The fourth-order valence-electron chi connectivity index (χ4n) is 2.98. The van der Waals surface area contributed by atoms with Gasteiger partial charge in [0.15, 0.2) is 11.3 Å². The summed E-state index contributed by atoms with van der Waals surface area (Å²) in [6, 6.07) is 6.12. The molecule has 138 valence electrons. The molecule has 0 aliphatic rings. The fourth-order valence-corrected chi connectivity index (χ4v) is 2.98. The zero-order chi connectivity index (χ0) is 19.0. The second-order valence-corrected chi connectivity index (χ2v) is 7.33. The van der Waals surface area contributed by atoms with Crippen LogP contribution in [0.25, 0.3) is 22.6 Å². The summed E-state index contributed by atoms with van der Waals surface area (Å²) in [4.78, 5) is 24.4. The molecule has 0 unspecified atom stereocenters. The van der Waals surface area contributed by atoms with E-state index in [2.05, 4.69) is 49.8 Å². The molecule has 3 aromatic rings. The minimum Gasteiger partial charge on any atom is -0.496 e. The summed E-state index contributed by atoms with van der Waals surface area (Å²) in [6.07, 6.45) is 1.69. The number of rotatable bonds is 5. The lowest BCUT2D eigenvalue weighted by atomic mass is 9.99. The molecule has 6 nitrogen and oxygen atoms in total. The number of hydrogen-bond donors (Lipinski definition) is 1. The third-order valence-corrected chi connectivity index (χ3v) is 4.96. The van der Waals surface area contributed by atoms with Gasteiger partial charge >= 0.3 is 5.69 Å². The van der Waals surface area contributed by atoms with E-state index in [1.807, 2.05) is 13.0 Å². The maximum atomic E-state index is 12.4. The highest BCUT2D eigenvalue weighted by molar-refractivity contribution is 5.74. The van der Waals surface area contributed by atoms with E-state index >= 15 is 0 Å². The molecule has 0 amide bonds. The quantitative estimate of drug-likeness (QED) is 0.747. The van der Waals surface area contributed by atoms with Gasteiger partial charge in [0.2, 0.25) is 0 Å². The highest BCUT2D eigenvalue weighted by Crippen LogP contribution is 2.32. The van der Waals surface area contributed by atoms with E-state index in [0.717, 1.165) is 11.3 Å². The van der Waals surface area contributed by atoms with E-state index in [4.69, 9.17) is 9.72 Å². The summed E-state index contributed by atoms with van der Waals surface area (Å²) in [5.74, 6) is 1.43. The molecular formula is C20H26N4O2. The molecule has 0 spiro atoms. The van der Waals surface area contributed by atoms with Crippen LogP contribution in [0.4, 0.5) is 0 Å². The Labute approximate surface area is 153 Å². The molecule has 1 aromatic carbocycles. The van der Waals surface area contributed by atoms with Crippen molar-refractivity contribution < 1.29 is 4.74 Å². The lowest BCUT2D eigenvalue weighted by Gasteiger charge is -2.17. The average molecular weight is 354 g/mol. The van der Waals surface area contributed by atoms with Crippen molar-refractivity contribution in [3.63, 3.8) is 0 Å². The zero-order valence-electron chi connectivity index (χ0n) is 16.2. The van der Waals surface area contributed by atoms with Crippen LogP contribution in [0.1, 0.15) is 52.1 Å². The topological polar surface area (TPSA) is 72.8 Å². The minimum atomic E-state index is -0.179. The zero-order valence-corrected chi connectivity index (χ0v) is 16.2. The van der Waals surface area contributed by atoms with E-state index in [1.165, 1.54) is 5.56 Å². The Balaban J connectivity index is 2.23. The largest absolute Gasteiger partial charge is 0.496 e. The molecule has 0 fully saturated rings. The number of H-pyrrole nitrogens is 1. The van der Waals surface area contributed by atoms with Crippen molar-refractivity contribution in [1.29, 1.82) is 0 Å². The Morgan fingerprint density at radius 1 is 1.15 bits per heavy atom. The first-order valence-corrected chi connectivity index (χ1v) is 8.99. The third-order valence-electron chi connectivity index (χ3n) is 4.96. The molecule has 2 aromatic heterocycles. The Bertz CT molecular complexity index is 985. The number of ether oxygens (including phenoxy) is 1. The second-order valence-electron chi connectivity index (χ2n) is 7.33. The predicted molar refractivity (Wildman–Crippen MR) is 104 cm³/mol. The Kier molecular flexibility index (Phi) is 4.85. The Hall–Kier alpha value is -2.63. The molecular weight excluding hydrogens is 328 g/mol. The van der Waals surface area contributed by atoms with Crippen molar-refractivity contribution in [3.8, 4) is 17.0 Å². The summed E-state index contributed by atoms with van der Waals surface area (Å²) >= 11 is 0. The van der Waals surface area contributed by atoms with E-state index in [-0.39, 0.29) is 11.7 Å². The molecule has 6 heteroatoms. The van der Waals surface area contributed by atoms with Crippen molar-refractivity contribution in [3.05, 3.63) is 40.4 Å². The van der Waals surface area contributed by atoms with Crippen molar-refractivity contribution >= 4 is 11.3 Å².